The van der Waals surface area contributed by atoms with Gasteiger partial charge in [-0.05, 0) is 19.2 Å². The van der Waals surface area contributed by atoms with E-state index in [1.165, 1.54) is 5.56 Å². The molecule has 0 aliphatic carbocycles. The summed E-state index contributed by atoms with van der Waals surface area (Å²) in [6.07, 6.45) is 3.53. The van der Waals surface area contributed by atoms with Crippen molar-refractivity contribution in [2.75, 3.05) is 13.7 Å². The van der Waals surface area contributed by atoms with Crippen LogP contribution in [-0.4, -0.2) is 28.9 Å². The molecular weight excluding hydrogens is 258 g/mol. The monoisotopic (exact) mass is 273 g/mol. The third-order valence-electron chi connectivity index (χ3n) is 3.14. The molecule has 2 heterocycles. The molecule has 0 bridgehead atoms. The minimum atomic E-state index is 0.249. The third kappa shape index (κ3) is 2.57. The van der Waals surface area contributed by atoms with E-state index in [1.54, 1.807) is 24.2 Å². The smallest absolute Gasteiger partial charge is 0.187 e. The number of nitrogens with zero attached hydrogens (tertiary/aromatic N) is 2. The maximum absolute atomic E-state index is 5.82. The van der Waals surface area contributed by atoms with Gasteiger partial charge in [0.05, 0.1) is 11.3 Å². The first-order valence-corrected chi connectivity index (χ1v) is 7.09. The zero-order chi connectivity index (χ0) is 13.1. The Kier molecular flexibility index (Phi) is 3.66. The highest BCUT2D eigenvalue weighted by molar-refractivity contribution is 7.99. The first kappa shape index (κ1) is 12.4. The van der Waals surface area contributed by atoms with E-state index < -0.39 is 0 Å². The zero-order valence-electron chi connectivity index (χ0n) is 10.6. The second-order valence-corrected chi connectivity index (χ2v) is 5.51. The first-order valence-electron chi connectivity index (χ1n) is 6.21. The second kappa shape index (κ2) is 5.59. The molecule has 2 unspecified atom stereocenters. The molecule has 1 N–H and O–H groups in total. The lowest BCUT2D eigenvalue weighted by molar-refractivity contribution is 0.264. The maximum Gasteiger partial charge on any atom is 0.187 e. The second-order valence-electron chi connectivity index (χ2n) is 4.30. The Labute approximate surface area is 116 Å². The Morgan fingerprint density at radius 3 is 2.79 bits per heavy atom. The van der Waals surface area contributed by atoms with Crippen molar-refractivity contribution in [3.8, 4) is 5.75 Å². The van der Waals surface area contributed by atoms with Crippen LogP contribution in [0.4, 0.5) is 0 Å². The van der Waals surface area contributed by atoms with Gasteiger partial charge in [0, 0.05) is 18.0 Å². The number of para-hydroxylation sites is 1. The molecule has 1 aliphatic rings. The van der Waals surface area contributed by atoms with Gasteiger partial charge in [-0.15, -0.1) is 0 Å². The molecule has 98 valence electrons. The fourth-order valence-electron chi connectivity index (χ4n) is 2.26. The summed E-state index contributed by atoms with van der Waals surface area (Å²) in [5, 5.41) is 4.43. The summed E-state index contributed by atoms with van der Waals surface area (Å²) in [4.78, 5) is 8.53. The Morgan fingerprint density at radius 2 is 2.00 bits per heavy atom. The summed E-state index contributed by atoms with van der Waals surface area (Å²) in [6.45, 7) is 0.658. The standard InChI is InChI=1S/C14H15N3OS/c1-15-13-10-5-2-3-6-11(10)18-9-12(13)19-14-16-7-4-8-17-14/h2-8,12-13,15H,9H2,1H3. The highest BCUT2D eigenvalue weighted by Gasteiger charge is 2.30. The number of benzene rings is 1. The van der Waals surface area contributed by atoms with E-state index >= 15 is 0 Å². The van der Waals surface area contributed by atoms with Crippen molar-refractivity contribution >= 4 is 11.8 Å². The van der Waals surface area contributed by atoms with E-state index in [2.05, 4.69) is 21.4 Å². The fourth-order valence-corrected chi connectivity index (χ4v) is 3.33. The van der Waals surface area contributed by atoms with Crippen LogP contribution in [0.3, 0.4) is 0 Å². The predicted molar refractivity (Wildman–Crippen MR) is 75.4 cm³/mol. The summed E-state index contributed by atoms with van der Waals surface area (Å²) < 4.78 is 5.82. The topological polar surface area (TPSA) is 47.0 Å². The number of rotatable bonds is 3. The predicted octanol–water partition coefficient (Wildman–Crippen LogP) is 2.29. The quantitative estimate of drug-likeness (QED) is 0.869. The molecule has 19 heavy (non-hydrogen) atoms. The highest BCUT2D eigenvalue weighted by Crippen LogP contribution is 2.38. The zero-order valence-corrected chi connectivity index (χ0v) is 11.4. The van der Waals surface area contributed by atoms with Crippen LogP contribution < -0.4 is 10.1 Å². The van der Waals surface area contributed by atoms with Gasteiger partial charge in [-0.1, -0.05) is 30.0 Å². The molecular formula is C14H15N3OS. The number of hydrogen-bond acceptors (Lipinski definition) is 5. The van der Waals surface area contributed by atoms with Gasteiger partial charge in [0.15, 0.2) is 5.16 Å². The number of aromatic nitrogens is 2. The van der Waals surface area contributed by atoms with Crippen molar-refractivity contribution in [2.45, 2.75) is 16.4 Å². The number of nitrogens with one attached hydrogen (secondary N) is 1. The number of fused-ring (bicyclic) bond motifs is 1. The largest absolute Gasteiger partial charge is 0.492 e. The molecule has 0 radical (unpaired) electrons. The van der Waals surface area contributed by atoms with Gasteiger partial charge in [-0.2, -0.15) is 0 Å². The average Bonchev–Trinajstić information content (AvgIpc) is 2.48. The molecule has 2 atom stereocenters. The summed E-state index contributed by atoms with van der Waals surface area (Å²) in [5.74, 6) is 0.965. The van der Waals surface area contributed by atoms with Crippen LogP contribution in [0.1, 0.15) is 11.6 Å². The van der Waals surface area contributed by atoms with Crippen molar-refractivity contribution in [1.29, 1.82) is 0 Å². The Balaban J connectivity index is 1.84. The number of hydrogen-bond donors (Lipinski definition) is 1. The summed E-state index contributed by atoms with van der Waals surface area (Å²) in [6, 6.07) is 10.2. The first-order chi connectivity index (χ1) is 9.38. The summed E-state index contributed by atoms with van der Waals surface area (Å²) in [7, 11) is 1.98. The van der Waals surface area contributed by atoms with E-state index in [1.807, 2.05) is 31.3 Å². The van der Waals surface area contributed by atoms with E-state index in [0.29, 0.717) is 6.61 Å². The highest BCUT2D eigenvalue weighted by atomic mass is 32.2. The van der Waals surface area contributed by atoms with Crippen LogP contribution in [-0.2, 0) is 0 Å². The normalized spacial score (nSPS) is 21.5. The van der Waals surface area contributed by atoms with Crippen molar-refractivity contribution in [2.24, 2.45) is 0 Å². The minimum absolute atomic E-state index is 0.249. The fraction of sp³-hybridized carbons (Fsp3) is 0.286. The Bertz CT molecular complexity index is 549. The molecule has 5 heteroatoms. The molecule has 0 amide bonds. The van der Waals surface area contributed by atoms with Crippen LogP contribution >= 0.6 is 11.8 Å². The van der Waals surface area contributed by atoms with E-state index in [9.17, 15) is 0 Å². The molecule has 0 fully saturated rings. The molecule has 1 aliphatic heterocycles. The Morgan fingerprint density at radius 1 is 1.21 bits per heavy atom. The van der Waals surface area contributed by atoms with Gasteiger partial charge in [0.1, 0.15) is 12.4 Å². The van der Waals surface area contributed by atoms with Crippen LogP contribution in [0, 0.1) is 0 Å². The van der Waals surface area contributed by atoms with E-state index in [0.717, 1.165) is 10.9 Å². The number of ether oxygens (including phenoxy) is 1. The van der Waals surface area contributed by atoms with E-state index in [-0.39, 0.29) is 11.3 Å². The average molecular weight is 273 g/mol. The van der Waals surface area contributed by atoms with Gasteiger partial charge in [-0.25, -0.2) is 9.97 Å². The molecule has 1 aromatic heterocycles. The molecule has 1 aromatic carbocycles. The molecule has 0 spiro atoms. The van der Waals surface area contributed by atoms with Crippen LogP contribution in [0.2, 0.25) is 0 Å². The van der Waals surface area contributed by atoms with Crippen LogP contribution in [0.5, 0.6) is 5.75 Å². The summed E-state index contributed by atoms with van der Waals surface area (Å²) in [5.41, 5.74) is 1.20. The SMILES string of the molecule is CNC1c2ccccc2OCC1Sc1ncccn1. The molecule has 2 aromatic rings. The van der Waals surface area contributed by atoms with Gasteiger partial charge >= 0.3 is 0 Å². The van der Waals surface area contributed by atoms with Crippen molar-refractivity contribution in [3.05, 3.63) is 48.3 Å². The lowest BCUT2D eigenvalue weighted by Crippen LogP contribution is -2.35. The molecule has 4 nitrogen and oxygen atoms in total. The summed E-state index contributed by atoms with van der Waals surface area (Å²) >= 11 is 1.65. The molecule has 0 saturated carbocycles. The van der Waals surface area contributed by atoms with Crippen molar-refractivity contribution < 1.29 is 4.74 Å². The van der Waals surface area contributed by atoms with Crippen molar-refractivity contribution in [1.82, 2.24) is 15.3 Å². The molecule has 0 saturated heterocycles. The van der Waals surface area contributed by atoms with Gasteiger partial charge in [0.2, 0.25) is 0 Å². The lowest BCUT2D eigenvalue weighted by Gasteiger charge is -2.32. The van der Waals surface area contributed by atoms with Crippen molar-refractivity contribution in [3.63, 3.8) is 0 Å². The Hall–Kier alpha value is -1.59. The van der Waals surface area contributed by atoms with Gasteiger partial charge in [-0.3, -0.25) is 0 Å². The lowest BCUT2D eigenvalue weighted by atomic mass is 10.0. The van der Waals surface area contributed by atoms with E-state index in [4.69, 9.17) is 4.74 Å². The van der Waals surface area contributed by atoms with Gasteiger partial charge < -0.3 is 10.1 Å². The number of thioether (sulfide) groups is 1. The van der Waals surface area contributed by atoms with Gasteiger partial charge in [0.25, 0.3) is 0 Å². The third-order valence-corrected chi connectivity index (χ3v) is 4.27. The maximum atomic E-state index is 5.82. The molecule has 3 rings (SSSR count). The van der Waals surface area contributed by atoms with Crippen LogP contribution in [0.25, 0.3) is 0 Å². The van der Waals surface area contributed by atoms with Crippen LogP contribution in [0.15, 0.2) is 47.9 Å². The minimum Gasteiger partial charge on any atom is -0.492 e.